The summed E-state index contributed by atoms with van der Waals surface area (Å²) in [5.41, 5.74) is 1.78. The highest BCUT2D eigenvalue weighted by Crippen LogP contribution is 2.25. The Morgan fingerprint density at radius 1 is 0.826 bits per heavy atom. The van der Waals surface area contributed by atoms with Crippen molar-refractivity contribution < 1.29 is 9.15 Å². The molecule has 0 saturated heterocycles. The van der Waals surface area contributed by atoms with Gasteiger partial charge in [-0.05, 0) is 49.2 Å². The topological polar surface area (TPSA) is 48.2 Å². The summed E-state index contributed by atoms with van der Waals surface area (Å²) in [6.45, 7) is 0.671. The van der Waals surface area contributed by atoms with Crippen molar-refractivity contribution in [1.29, 1.82) is 0 Å². The Kier molecular flexibility index (Phi) is 5.27. The van der Waals surface area contributed by atoms with Gasteiger partial charge in [-0.25, -0.2) is 0 Å². The molecule has 1 aromatic heterocycles. The predicted octanol–water partition coefficient (Wildman–Crippen LogP) is 4.80. The van der Waals surface area contributed by atoms with Gasteiger partial charge >= 0.3 is 0 Å². The van der Waals surface area contributed by atoms with Gasteiger partial charge < -0.3 is 9.15 Å². The highest BCUT2D eigenvalue weighted by Gasteiger charge is 2.10. The summed E-state index contributed by atoms with van der Waals surface area (Å²) in [4.78, 5) is 0. The monoisotopic (exact) mass is 328 g/mol. The summed E-state index contributed by atoms with van der Waals surface area (Å²) in [7, 11) is 0. The fourth-order valence-corrected chi connectivity index (χ4v) is 2.31. The molecule has 0 fully saturated rings. The highest BCUT2D eigenvalue weighted by atomic mass is 35.5. The molecule has 0 saturated carbocycles. The number of rotatable bonds is 7. The van der Waals surface area contributed by atoms with Gasteiger partial charge in [0.15, 0.2) is 0 Å². The zero-order chi connectivity index (χ0) is 15.9. The Hall–Kier alpha value is -2.33. The molecule has 0 aliphatic rings. The first-order chi connectivity index (χ1) is 11.4. The lowest BCUT2D eigenvalue weighted by molar-refractivity contribution is 0.310. The smallest absolute Gasteiger partial charge is 0.248 e. The molecule has 3 aromatic rings. The summed E-state index contributed by atoms with van der Waals surface area (Å²) in [5, 5.41) is 8.20. The van der Waals surface area contributed by atoms with Crippen molar-refractivity contribution in [2.75, 3.05) is 12.5 Å². The molecular formula is C18H17ClN2O2. The fraction of sp³-hybridized carbons (Fsp3) is 0.222. The molecule has 23 heavy (non-hydrogen) atoms. The van der Waals surface area contributed by atoms with E-state index in [9.17, 15) is 0 Å². The van der Waals surface area contributed by atoms with Crippen LogP contribution in [-0.2, 0) is 0 Å². The lowest BCUT2D eigenvalue weighted by atomic mass is 10.2. The van der Waals surface area contributed by atoms with Crippen molar-refractivity contribution in [2.24, 2.45) is 0 Å². The first-order valence-corrected chi connectivity index (χ1v) is 8.08. The third kappa shape index (κ3) is 4.11. The maximum absolute atomic E-state index is 5.73. The SMILES string of the molecule is ClCCCCOc1ccc(-c2nnc(-c3ccccc3)o2)cc1. The van der Waals surface area contributed by atoms with Crippen LogP contribution in [0.3, 0.4) is 0 Å². The van der Waals surface area contributed by atoms with Crippen LogP contribution in [0.25, 0.3) is 22.9 Å². The van der Waals surface area contributed by atoms with Crippen LogP contribution in [0.1, 0.15) is 12.8 Å². The summed E-state index contributed by atoms with van der Waals surface area (Å²) < 4.78 is 11.4. The second-order valence-electron chi connectivity index (χ2n) is 5.05. The van der Waals surface area contributed by atoms with Gasteiger partial charge in [-0.2, -0.15) is 0 Å². The first kappa shape index (κ1) is 15.6. The first-order valence-electron chi connectivity index (χ1n) is 7.55. The highest BCUT2D eigenvalue weighted by molar-refractivity contribution is 6.17. The maximum Gasteiger partial charge on any atom is 0.248 e. The minimum absolute atomic E-state index is 0.498. The molecule has 0 radical (unpaired) electrons. The van der Waals surface area contributed by atoms with E-state index in [2.05, 4.69) is 10.2 Å². The average Bonchev–Trinajstić information content (AvgIpc) is 3.10. The van der Waals surface area contributed by atoms with E-state index < -0.39 is 0 Å². The molecule has 3 rings (SSSR count). The Labute approximate surface area is 140 Å². The molecule has 0 N–H and O–H groups in total. The number of unbranched alkanes of at least 4 members (excludes halogenated alkanes) is 1. The van der Waals surface area contributed by atoms with Crippen molar-refractivity contribution >= 4 is 11.6 Å². The third-order valence-electron chi connectivity index (χ3n) is 3.34. The van der Waals surface area contributed by atoms with E-state index >= 15 is 0 Å². The van der Waals surface area contributed by atoms with Gasteiger partial charge in [0.1, 0.15) is 5.75 Å². The van der Waals surface area contributed by atoms with Gasteiger partial charge in [-0.15, -0.1) is 21.8 Å². The average molecular weight is 329 g/mol. The number of benzene rings is 2. The van der Waals surface area contributed by atoms with Crippen molar-refractivity contribution in [2.45, 2.75) is 12.8 Å². The zero-order valence-corrected chi connectivity index (χ0v) is 13.4. The van der Waals surface area contributed by atoms with Gasteiger partial charge in [-0.3, -0.25) is 0 Å². The largest absolute Gasteiger partial charge is 0.494 e. The van der Waals surface area contributed by atoms with Gasteiger partial charge in [0.25, 0.3) is 0 Å². The maximum atomic E-state index is 5.73. The number of ether oxygens (including phenoxy) is 1. The molecular weight excluding hydrogens is 312 g/mol. The van der Waals surface area contributed by atoms with Crippen LogP contribution < -0.4 is 4.74 Å². The second kappa shape index (κ2) is 7.79. The van der Waals surface area contributed by atoms with Crippen molar-refractivity contribution in [3.8, 4) is 28.7 Å². The molecule has 4 nitrogen and oxygen atoms in total. The number of halogens is 1. The van der Waals surface area contributed by atoms with E-state index in [4.69, 9.17) is 20.8 Å². The van der Waals surface area contributed by atoms with Gasteiger partial charge in [-0.1, -0.05) is 18.2 Å². The van der Waals surface area contributed by atoms with Crippen molar-refractivity contribution in [1.82, 2.24) is 10.2 Å². The van der Waals surface area contributed by atoms with E-state index in [0.29, 0.717) is 24.3 Å². The lowest BCUT2D eigenvalue weighted by Crippen LogP contribution is -1.97. The molecule has 0 atom stereocenters. The van der Waals surface area contributed by atoms with Crippen LogP contribution >= 0.6 is 11.6 Å². The second-order valence-corrected chi connectivity index (χ2v) is 5.43. The van der Waals surface area contributed by atoms with Crippen LogP contribution in [-0.4, -0.2) is 22.7 Å². The van der Waals surface area contributed by atoms with E-state index in [1.807, 2.05) is 54.6 Å². The summed E-state index contributed by atoms with van der Waals surface area (Å²) in [6, 6.07) is 17.4. The van der Waals surface area contributed by atoms with E-state index in [1.165, 1.54) is 0 Å². The van der Waals surface area contributed by atoms with Crippen molar-refractivity contribution in [3.63, 3.8) is 0 Å². The standard InChI is InChI=1S/C18H17ClN2O2/c19-12-4-5-13-22-16-10-8-15(9-11-16)18-21-20-17(23-18)14-6-2-1-3-7-14/h1-3,6-11H,4-5,12-13H2. The quantitative estimate of drug-likeness (QED) is 0.461. The number of hydrogen-bond donors (Lipinski definition) is 0. The molecule has 0 bridgehead atoms. The van der Waals surface area contributed by atoms with Crippen LogP contribution in [0.4, 0.5) is 0 Å². The van der Waals surface area contributed by atoms with Crippen LogP contribution in [0.2, 0.25) is 0 Å². The molecule has 118 valence electrons. The van der Waals surface area contributed by atoms with Crippen LogP contribution in [0.15, 0.2) is 59.0 Å². The number of alkyl halides is 1. The minimum atomic E-state index is 0.498. The molecule has 0 unspecified atom stereocenters. The number of nitrogens with zero attached hydrogens (tertiary/aromatic N) is 2. The van der Waals surface area contributed by atoms with E-state index in [1.54, 1.807) is 0 Å². The fourth-order valence-electron chi connectivity index (χ4n) is 2.12. The Bertz CT molecular complexity index is 726. The number of hydrogen-bond acceptors (Lipinski definition) is 4. The van der Waals surface area contributed by atoms with E-state index in [-0.39, 0.29) is 0 Å². The predicted molar refractivity (Wildman–Crippen MR) is 90.6 cm³/mol. The molecule has 5 heteroatoms. The van der Waals surface area contributed by atoms with Gasteiger partial charge in [0.05, 0.1) is 6.61 Å². The summed E-state index contributed by atoms with van der Waals surface area (Å²) in [5.74, 6) is 2.51. The number of aromatic nitrogens is 2. The molecule has 2 aromatic carbocycles. The third-order valence-corrected chi connectivity index (χ3v) is 3.61. The summed E-state index contributed by atoms with van der Waals surface area (Å²) in [6.07, 6.45) is 1.92. The molecule has 1 heterocycles. The van der Waals surface area contributed by atoms with Crippen molar-refractivity contribution in [3.05, 3.63) is 54.6 Å². The molecule has 0 aliphatic carbocycles. The normalized spacial score (nSPS) is 10.7. The molecule has 0 amide bonds. The Morgan fingerprint density at radius 3 is 2.13 bits per heavy atom. The van der Waals surface area contributed by atoms with E-state index in [0.717, 1.165) is 29.7 Å². The summed E-state index contributed by atoms with van der Waals surface area (Å²) >= 11 is 5.64. The zero-order valence-electron chi connectivity index (χ0n) is 12.6. The molecule has 0 spiro atoms. The minimum Gasteiger partial charge on any atom is -0.494 e. The van der Waals surface area contributed by atoms with Gasteiger partial charge in [0, 0.05) is 17.0 Å². The van der Waals surface area contributed by atoms with Crippen LogP contribution in [0.5, 0.6) is 5.75 Å². The van der Waals surface area contributed by atoms with Gasteiger partial charge in [0.2, 0.25) is 11.8 Å². The molecule has 0 aliphatic heterocycles. The van der Waals surface area contributed by atoms with Crippen LogP contribution in [0, 0.1) is 0 Å². The lowest BCUT2D eigenvalue weighted by Gasteiger charge is -2.05. The Balaban J connectivity index is 1.67. The Morgan fingerprint density at radius 2 is 1.48 bits per heavy atom.